The molecule has 4 heterocycles. The lowest BCUT2D eigenvalue weighted by molar-refractivity contribution is -0.139. The van der Waals surface area contributed by atoms with Crippen LogP contribution in [0.15, 0.2) is 35.4 Å². The average Bonchev–Trinajstić information content (AvgIpc) is 3.53. The van der Waals surface area contributed by atoms with E-state index in [0.717, 1.165) is 50.7 Å². The van der Waals surface area contributed by atoms with Crippen molar-refractivity contribution in [2.45, 2.75) is 52.3 Å². The number of aromatic nitrogens is 3. The van der Waals surface area contributed by atoms with Gasteiger partial charge in [-0.25, -0.2) is 10.1 Å². The van der Waals surface area contributed by atoms with Crippen LogP contribution in [0.5, 0.6) is 0 Å². The maximum Gasteiger partial charge on any atom is 0.422 e. The minimum Gasteiger partial charge on any atom is -0.371 e. The fourth-order valence-corrected chi connectivity index (χ4v) is 5.83. The number of fused-ring (bicyclic) bond motifs is 1. The summed E-state index contributed by atoms with van der Waals surface area (Å²) < 4.78 is 40.5. The fourth-order valence-electron chi connectivity index (χ4n) is 5.83. The highest BCUT2D eigenvalue weighted by atomic mass is 19.4. The molecule has 1 aliphatic carbocycles. The topological polar surface area (TPSA) is 92.2 Å². The number of pyridine rings is 1. The monoisotopic (exact) mass is 529 g/mol. The third kappa shape index (κ3) is 5.14. The quantitative estimate of drug-likeness (QED) is 0.637. The van der Waals surface area contributed by atoms with Gasteiger partial charge in [0.15, 0.2) is 0 Å². The lowest BCUT2D eigenvalue weighted by Crippen LogP contribution is -2.48. The average molecular weight is 530 g/mol. The Morgan fingerprint density at radius 1 is 1.21 bits per heavy atom. The number of likely N-dealkylation sites (tertiary alicyclic amines) is 1. The second-order valence-corrected chi connectivity index (χ2v) is 10.1. The molecule has 0 spiro atoms. The van der Waals surface area contributed by atoms with Gasteiger partial charge in [0, 0.05) is 50.0 Å². The number of H-pyrrole nitrogens is 1. The zero-order valence-corrected chi connectivity index (χ0v) is 22.1. The molecule has 2 atom stereocenters. The van der Waals surface area contributed by atoms with Crippen LogP contribution in [0.1, 0.15) is 62.0 Å². The van der Waals surface area contributed by atoms with E-state index >= 15 is 0 Å². The predicted molar refractivity (Wildman–Crippen MR) is 138 cm³/mol. The van der Waals surface area contributed by atoms with Gasteiger partial charge in [0.2, 0.25) is 0 Å². The highest BCUT2D eigenvalue weighted by Gasteiger charge is 2.46. The van der Waals surface area contributed by atoms with Gasteiger partial charge in [0.1, 0.15) is 17.5 Å². The summed E-state index contributed by atoms with van der Waals surface area (Å²) >= 11 is 0. The van der Waals surface area contributed by atoms with Crippen LogP contribution in [0.3, 0.4) is 0 Å². The summed E-state index contributed by atoms with van der Waals surface area (Å²) in [7, 11) is 0. The van der Waals surface area contributed by atoms with Crippen molar-refractivity contribution < 1.29 is 13.2 Å². The zero-order valence-electron chi connectivity index (χ0n) is 22.1. The number of nitriles is 1. The highest BCUT2D eigenvalue weighted by Crippen LogP contribution is 2.46. The number of nitrogens with zero attached hydrogens (tertiary/aromatic N) is 6. The van der Waals surface area contributed by atoms with Crippen molar-refractivity contribution in [3.8, 4) is 6.07 Å². The van der Waals surface area contributed by atoms with Crippen LogP contribution in [-0.4, -0.2) is 64.2 Å². The molecular weight excluding hydrogens is 495 g/mol. The molecule has 2 aliphatic heterocycles. The number of anilines is 1. The van der Waals surface area contributed by atoms with Gasteiger partial charge in [-0.2, -0.15) is 23.5 Å². The number of hydrogen-bond donors (Lipinski definition) is 1. The van der Waals surface area contributed by atoms with Crippen molar-refractivity contribution >= 4 is 5.82 Å². The van der Waals surface area contributed by atoms with Gasteiger partial charge in [0.25, 0.3) is 5.56 Å². The summed E-state index contributed by atoms with van der Waals surface area (Å²) in [6.07, 6.45) is -1.55. The zero-order chi connectivity index (χ0) is 27.7. The van der Waals surface area contributed by atoms with E-state index in [4.69, 9.17) is 5.26 Å². The van der Waals surface area contributed by atoms with Crippen molar-refractivity contribution in [1.82, 2.24) is 25.0 Å². The maximum absolute atomic E-state index is 13.5. The number of hydrogen-bond acceptors (Lipinski definition) is 7. The predicted octanol–water partition coefficient (Wildman–Crippen LogP) is 4.12. The summed E-state index contributed by atoms with van der Waals surface area (Å²) in [5.41, 5.74) is -0.511. The van der Waals surface area contributed by atoms with Crippen LogP contribution < -0.4 is 10.5 Å². The molecule has 2 unspecified atom stereocenters. The number of piperazine rings is 1. The van der Waals surface area contributed by atoms with Gasteiger partial charge in [-0.15, -0.1) is 0 Å². The van der Waals surface area contributed by atoms with E-state index in [2.05, 4.69) is 49.5 Å². The van der Waals surface area contributed by atoms with Crippen LogP contribution in [0.25, 0.3) is 0 Å². The van der Waals surface area contributed by atoms with E-state index in [-0.39, 0.29) is 23.4 Å². The van der Waals surface area contributed by atoms with Crippen LogP contribution >= 0.6 is 0 Å². The van der Waals surface area contributed by atoms with E-state index < -0.39 is 17.3 Å². The van der Waals surface area contributed by atoms with Gasteiger partial charge in [-0.3, -0.25) is 9.69 Å². The molecule has 2 fully saturated rings. The third-order valence-corrected chi connectivity index (χ3v) is 7.89. The normalized spacial score (nSPS) is 23.4. The molecule has 0 radical (unpaired) electrons. The second kappa shape index (κ2) is 10.8. The Morgan fingerprint density at radius 3 is 2.53 bits per heavy atom. The third-order valence-electron chi connectivity index (χ3n) is 7.89. The van der Waals surface area contributed by atoms with Crippen LogP contribution in [0, 0.1) is 16.7 Å². The molecule has 2 aromatic rings. The van der Waals surface area contributed by atoms with E-state index in [0.29, 0.717) is 24.2 Å². The van der Waals surface area contributed by atoms with E-state index in [1.165, 1.54) is 0 Å². The molecule has 8 nitrogen and oxygen atoms in total. The van der Waals surface area contributed by atoms with E-state index in [1.807, 2.05) is 19.9 Å². The molecule has 0 amide bonds. The lowest BCUT2D eigenvalue weighted by atomic mass is 9.85. The van der Waals surface area contributed by atoms with Crippen molar-refractivity contribution in [3.05, 3.63) is 63.3 Å². The van der Waals surface area contributed by atoms with Crippen LogP contribution in [-0.2, 0) is 12.6 Å². The Labute approximate surface area is 220 Å². The van der Waals surface area contributed by atoms with Gasteiger partial charge in [-0.05, 0) is 43.5 Å². The van der Waals surface area contributed by atoms with Gasteiger partial charge >= 0.3 is 6.18 Å². The lowest BCUT2D eigenvalue weighted by Gasteiger charge is -2.42. The van der Waals surface area contributed by atoms with E-state index in [9.17, 15) is 18.0 Å². The minimum absolute atomic E-state index is 0.0382. The molecule has 2 saturated heterocycles. The Balaban J connectivity index is 0.00000164. The molecule has 3 aliphatic rings. The SMILES string of the molecule is C=C(N1CCN(c2ccc(C#N)cn2)CC1)C1(C)CCN(C2CCc3c2n[nH]c(=O)c3C(F)(F)F)C1.CC. The Bertz CT molecular complexity index is 1260. The number of alkyl halides is 3. The standard InChI is InChI=1S/C25H28F3N7O.C2H6/c1-16(33-9-11-34(12-10-33)20-6-3-17(13-29)14-30-20)24(2)7-8-35(15-24)19-5-4-18-21(25(26,27)28)23(36)32-31-22(18)19;1-2/h3,6,14,19H,1,4-5,7-12,15H2,2H3,(H,32,36);1-2H3. The van der Waals surface area contributed by atoms with Gasteiger partial charge < -0.3 is 9.80 Å². The molecule has 2 aromatic heterocycles. The fraction of sp³-hybridized carbons (Fsp3) is 0.556. The first kappa shape index (κ1) is 27.6. The highest BCUT2D eigenvalue weighted by molar-refractivity contribution is 5.42. The molecule has 0 bridgehead atoms. The molecule has 0 saturated carbocycles. The number of halogens is 3. The first-order valence-corrected chi connectivity index (χ1v) is 13.1. The first-order chi connectivity index (χ1) is 18.1. The Kier molecular flexibility index (Phi) is 7.83. The van der Waals surface area contributed by atoms with E-state index in [1.54, 1.807) is 12.3 Å². The summed E-state index contributed by atoms with van der Waals surface area (Å²) in [6.45, 7) is 15.2. The molecule has 38 heavy (non-hydrogen) atoms. The molecule has 1 N–H and O–H groups in total. The van der Waals surface area contributed by atoms with Gasteiger partial charge in [-0.1, -0.05) is 27.4 Å². The van der Waals surface area contributed by atoms with Crippen molar-refractivity contribution in [2.75, 3.05) is 44.2 Å². The second-order valence-electron chi connectivity index (χ2n) is 10.1. The summed E-state index contributed by atoms with van der Waals surface area (Å²) in [5, 5.41) is 15.1. The summed E-state index contributed by atoms with van der Waals surface area (Å²) in [6, 6.07) is 5.47. The molecule has 0 aromatic carbocycles. The molecule has 11 heteroatoms. The van der Waals surface area contributed by atoms with Crippen molar-refractivity contribution in [3.63, 3.8) is 0 Å². The van der Waals surface area contributed by atoms with Crippen LogP contribution in [0.4, 0.5) is 19.0 Å². The Morgan fingerprint density at radius 2 is 1.92 bits per heavy atom. The smallest absolute Gasteiger partial charge is 0.371 e. The number of rotatable bonds is 4. The van der Waals surface area contributed by atoms with Gasteiger partial charge in [0.05, 0.1) is 17.3 Å². The molecule has 204 valence electrons. The van der Waals surface area contributed by atoms with Crippen LogP contribution in [0.2, 0.25) is 0 Å². The number of nitrogens with one attached hydrogen (secondary N) is 1. The Hall–Kier alpha value is -3.39. The minimum atomic E-state index is -4.70. The largest absolute Gasteiger partial charge is 0.422 e. The number of aromatic amines is 1. The molecule has 5 rings (SSSR count). The molecular formula is C27H34F3N7O. The summed E-state index contributed by atoms with van der Waals surface area (Å²) in [5.74, 6) is 0.848. The first-order valence-electron chi connectivity index (χ1n) is 13.1. The van der Waals surface area contributed by atoms with Crippen molar-refractivity contribution in [1.29, 1.82) is 5.26 Å². The van der Waals surface area contributed by atoms with Crippen molar-refractivity contribution in [2.24, 2.45) is 5.41 Å². The summed E-state index contributed by atoms with van der Waals surface area (Å²) in [4.78, 5) is 22.9. The maximum atomic E-state index is 13.5.